The third kappa shape index (κ3) is 4.25. The Hall–Kier alpha value is -4.26. The van der Waals surface area contributed by atoms with Gasteiger partial charge in [-0.25, -0.2) is 4.90 Å². The van der Waals surface area contributed by atoms with Gasteiger partial charge in [0.1, 0.15) is 11.4 Å². The van der Waals surface area contributed by atoms with E-state index in [-0.39, 0.29) is 11.3 Å². The van der Waals surface area contributed by atoms with Gasteiger partial charge in [-0.1, -0.05) is 36.4 Å². The van der Waals surface area contributed by atoms with E-state index in [0.29, 0.717) is 40.8 Å². The van der Waals surface area contributed by atoms with Crippen LogP contribution in [0.2, 0.25) is 0 Å². The monoisotopic (exact) mass is 444 g/mol. The SMILES string of the molecule is CCOc1cccc(NC2=C(c3ccccc3)C(=O)N(c3ccc(OC)c(OC)c3)C2=O)c1. The lowest BCUT2D eigenvalue weighted by molar-refractivity contribution is -0.120. The maximum absolute atomic E-state index is 13.6. The molecule has 0 atom stereocenters. The van der Waals surface area contributed by atoms with E-state index >= 15 is 0 Å². The molecule has 2 amide bonds. The van der Waals surface area contributed by atoms with E-state index in [1.165, 1.54) is 14.2 Å². The topological polar surface area (TPSA) is 77.1 Å². The Morgan fingerprint density at radius 3 is 2.27 bits per heavy atom. The number of ether oxygens (including phenoxy) is 3. The standard InChI is InChI=1S/C26H24N2O5/c1-4-33-20-12-8-11-18(15-20)27-24-23(17-9-6-5-7-10-17)25(29)28(26(24)30)19-13-14-21(31-2)22(16-19)32-3/h5-16,27H,4H2,1-3H3. The van der Waals surface area contributed by atoms with Crippen LogP contribution in [0.25, 0.3) is 5.57 Å². The van der Waals surface area contributed by atoms with Gasteiger partial charge < -0.3 is 19.5 Å². The molecule has 0 spiro atoms. The molecule has 0 saturated heterocycles. The van der Waals surface area contributed by atoms with Gasteiger partial charge in [0.05, 0.1) is 32.1 Å². The zero-order valence-corrected chi connectivity index (χ0v) is 18.6. The molecule has 4 rings (SSSR count). The van der Waals surface area contributed by atoms with Gasteiger partial charge >= 0.3 is 0 Å². The molecule has 1 aliphatic heterocycles. The van der Waals surface area contributed by atoms with Crippen molar-refractivity contribution in [2.45, 2.75) is 6.92 Å². The van der Waals surface area contributed by atoms with Crippen LogP contribution in [0.15, 0.2) is 78.5 Å². The van der Waals surface area contributed by atoms with Crippen molar-refractivity contribution in [2.75, 3.05) is 31.0 Å². The zero-order chi connectivity index (χ0) is 23.4. The van der Waals surface area contributed by atoms with Crippen LogP contribution in [0, 0.1) is 0 Å². The van der Waals surface area contributed by atoms with E-state index in [1.807, 2.05) is 43.3 Å². The molecule has 0 radical (unpaired) electrons. The van der Waals surface area contributed by atoms with Crippen LogP contribution in [0.3, 0.4) is 0 Å². The number of amides is 2. The van der Waals surface area contributed by atoms with Gasteiger partial charge in [-0.05, 0) is 36.8 Å². The molecule has 7 heteroatoms. The normalized spacial score (nSPS) is 13.4. The van der Waals surface area contributed by atoms with Crippen LogP contribution in [0.5, 0.6) is 17.2 Å². The first-order valence-electron chi connectivity index (χ1n) is 10.5. The van der Waals surface area contributed by atoms with Crippen LogP contribution >= 0.6 is 0 Å². The summed E-state index contributed by atoms with van der Waals surface area (Å²) in [5.41, 5.74) is 2.14. The molecule has 33 heavy (non-hydrogen) atoms. The Kier molecular flexibility index (Phi) is 6.31. The summed E-state index contributed by atoms with van der Waals surface area (Å²) >= 11 is 0. The highest BCUT2D eigenvalue weighted by Gasteiger charge is 2.40. The third-order valence-corrected chi connectivity index (χ3v) is 5.19. The second-order valence-corrected chi connectivity index (χ2v) is 7.19. The van der Waals surface area contributed by atoms with Crippen LogP contribution in [0.4, 0.5) is 11.4 Å². The fourth-order valence-electron chi connectivity index (χ4n) is 3.69. The Labute approximate surface area is 192 Å². The van der Waals surface area contributed by atoms with Gasteiger partial charge in [0.2, 0.25) is 0 Å². The molecule has 0 aromatic heterocycles. The summed E-state index contributed by atoms with van der Waals surface area (Å²) in [5.74, 6) is 0.693. The number of rotatable bonds is 8. The van der Waals surface area contributed by atoms with Crippen molar-refractivity contribution >= 4 is 28.8 Å². The van der Waals surface area contributed by atoms with Crippen LogP contribution in [-0.4, -0.2) is 32.6 Å². The van der Waals surface area contributed by atoms with Crippen molar-refractivity contribution < 1.29 is 23.8 Å². The minimum Gasteiger partial charge on any atom is -0.494 e. The Balaban J connectivity index is 1.78. The number of carbonyl (C=O) groups is 2. The Bertz CT molecular complexity index is 1220. The molecule has 0 saturated carbocycles. The number of imide groups is 1. The first-order valence-corrected chi connectivity index (χ1v) is 10.5. The number of carbonyl (C=O) groups excluding carboxylic acids is 2. The van der Waals surface area contributed by atoms with Crippen LogP contribution in [-0.2, 0) is 9.59 Å². The van der Waals surface area contributed by atoms with Crippen LogP contribution < -0.4 is 24.4 Å². The van der Waals surface area contributed by atoms with Crippen molar-refractivity contribution in [3.8, 4) is 17.2 Å². The fourth-order valence-corrected chi connectivity index (χ4v) is 3.69. The molecule has 168 valence electrons. The van der Waals surface area contributed by atoms with Gasteiger partial charge in [0, 0.05) is 17.8 Å². The van der Waals surface area contributed by atoms with E-state index in [2.05, 4.69) is 5.32 Å². The van der Waals surface area contributed by atoms with Gasteiger partial charge in [-0.2, -0.15) is 0 Å². The summed E-state index contributed by atoms with van der Waals surface area (Å²) in [6, 6.07) is 21.3. The highest BCUT2D eigenvalue weighted by atomic mass is 16.5. The Morgan fingerprint density at radius 1 is 0.818 bits per heavy atom. The Morgan fingerprint density at radius 2 is 1.58 bits per heavy atom. The number of nitrogens with zero attached hydrogens (tertiary/aromatic N) is 1. The van der Waals surface area contributed by atoms with Crippen molar-refractivity contribution in [1.29, 1.82) is 0 Å². The lowest BCUT2D eigenvalue weighted by Crippen LogP contribution is -2.32. The summed E-state index contributed by atoms with van der Waals surface area (Å²) in [7, 11) is 3.03. The number of hydrogen-bond acceptors (Lipinski definition) is 6. The molecule has 0 unspecified atom stereocenters. The second kappa shape index (κ2) is 9.48. The van der Waals surface area contributed by atoms with Crippen molar-refractivity contribution in [3.05, 3.63) is 84.1 Å². The average Bonchev–Trinajstić information content (AvgIpc) is 3.08. The fraction of sp³-hybridized carbons (Fsp3) is 0.154. The summed E-state index contributed by atoms with van der Waals surface area (Å²) in [4.78, 5) is 28.2. The molecule has 3 aromatic carbocycles. The molecule has 0 aliphatic carbocycles. The number of anilines is 2. The van der Waals surface area contributed by atoms with E-state index in [9.17, 15) is 9.59 Å². The number of hydrogen-bond donors (Lipinski definition) is 1. The van der Waals surface area contributed by atoms with Gasteiger partial charge in [-0.3, -0.25) is 9.59 Å². The number of methoxy groups -OCH3 is 2. The average molecular weight is 444 g/mol. The predicted octanol–water partition coefficient (Wildman–Crippen LogP) is 4.50. The lowest BCUT2D eigenvalue weighted by atomic mass is 10.0. The highest BCUT2D eigenvalue weighted by Crippen LogP contribution is 2.37. The van der Waals surface area contributed by atoms with Gasteiger partial charge in [0.15, 0.2) is 11.5 Å². The molecular weight excluding hydrogens is 420 g/mol. The second-order valence-electron chi connectivity index (χ2n) is 7.19. The highest BCUT2D eigenvalue weighted by molar-refractivity contribution is 6.46. The first-order chi connectivity index (χ1) is 16.1. The molecule has 1 heterocycles. The van der Waals surface area contributed by atoms with E-state index in [4.69, 9.17) is 14.2 Å². The lowest BCUT2D eigenvalue weighted by Gasteiger charge is -2.17. The summed E-state index contributed by atoms with van der Waals surface area (Å²) in [6.45, 7) is 2.42. The summed E-state index contributed by atoms with van der Waals surface area (Å²) in [6.07, 6.45) is 0. The molecule has 3 aromatic rings. The smallest absolute Gasteiger partial charge is 0.282 e. The maximum Gasteiger partial charge on any atom is 0.282 e. The quantitative estimate of drug-likeness (QED) is 0.516. The first kappa shape index (κ1) is 22.0. The largest absolute Gasteiger partial charge is 0.494 e. The molecule has 1 N–H and O–H groups in total. The zero-order valence-electron chi connectivity index (χ0n) is 18.6. The minimum absolute atomic E-state index is 0.189. The van der Waals surface area contributed by atoms with E-state index in [0.717, 1.165) is 4.90 Å². The van der Waals surface area contributed by atoms with Gasteiger partial charge in [-0.15, -0.1) is 0 Å². The van der Waals surface area contributed by atoms with Crippen molar-refractivity contribution in [1.82, 2.24) is 0 Å². The van der Waals surface area contributed by atoms with Crippen LogP contribution in [0.1, 0.15) is 12.5 Å². The summed E-state index contributed by atoms with van der Waals surface area (Å²) < 4.78 is 16.2. The van der Waals surface area contributed by atoms with Crippen molar-refractivity contribution in [2.24, 2.45) is 0 Å². The molecule has 7 nitrogen and oxygen atoms in total. The molecule has 0 fully saturated rings. The molecule has 1 aliphatic rings. The number of benzene rings is 3. The number of nitrogens with one attached hydrogen (secondary N) is 1. The molecular formula is C26H24N2O5. The summed E-state index contributed by atoms with van der Waals surface area (Å²) in [5, 5.41) is 3.15. The third-order valence-electron chi connectivity index (χ3n) is 5.19. The maximum atomic E-state index is 13.6. The van der Waals surface area contributed by atoms with Crippen molar-refractivity contribution in [3.63, 3.8) is 0 Å². The molecule has 0 bridgehead atoms. The minimum atomic E-state index is -0.465. The van der Waals surface area contributed by atoms with E-state index in [1.54, 1.807) is 36.4 Å². The predicted molar refractivity (Wildman–Crippen MR) is 127 cm³/mol. The van der Waals surface area contributed by atoms with E-state index < -0.39 is 11.8 Å². The van der Waals surface area contributed by atoms with Gasteiger partial charge in [0.25, 0.3) is 11.8 Å².